The number of benzene rings is 2. The first kappa shape index (κ1) is 19.8. The number of nitrogens with zero attached hydrogens (tertiary/aromatic N) is 4. The summed E-state index contributed by atoms with van der Waals surface area (Å²) in [5, 5.41) is 2.64. The Morgan fingerprint density at radius 2 is 1.60 bits per heavy atom. The zero-order valence-corrected chi connectivity index (χ0v) is 16.3. The van der Waals surface area contributed by atoms with Crippen LogP contribution in [0, 0.1) is 11.6 Å². The molecule has 0 radical (unpaired) electrons. The largest absolute Gasteiger partial charge is 0.368 e. The molecule has 1 fully saturated rings. The topological polar surface area (TPSA) is 61.4 Å². The van der Waals surface area contributed by atoms with E-state index >= 15 is 0 Å². The minimum absolute atomic E-state index is 0.128. The molecule has 8 heteroatoms. The van der Waals surface area contributed by atoms with E-state index < -0.39 is 17.5 Å². The summed E-state index contributed by atoms with van der Waals surface area (Å²) in [6.07, 6.45) is 2.87. The molecule has 0 unspecified atom stereocenters. The summed E-state index contributed by atoms with van der Waals surface area (Å²) in [5.41, 5.74) is 1.76. The van der Waals surface area contributed by atoms with Crippen molar-refractivity contribution in [2.75, 3.05) is 41.3 Å². The molecule has 4 rings (SSSR count). The van der Waals surface area contributed by atoms with Crippen LogP contribution in [0.4, 0.5) is 26.1 Å². The SMILES string of the molecule is O=C(Cc1ccc(F)cc1F)Nc1cnc(N2CCN(c3ccccc3)CC2)nc1. The Morgan fingerprint density at radius 1 is 0.933 bits per heavy atom. The van der Waals surface area contributed by atoms with Gasteiger partial charge in [-0.05, 0) is 23.8 Å². The Labute approximate surface area is 173 Å². The van der Waals surface area contributed by atoms with Crippen molar-refractivity contribution in [3.63, 3.8) is 0 Å². The number of amides is 1. The van der Waals surface area contributed by atoms with E-state index in [1.165, 1.54) is 24.1 Å². The molecule has 2 heterocycles. The molecule has 1 N–H and O–H groups in total. The summed E-state index contributed by atoms with van der Waals surface area (Å²) in [7, 11) is 0. The Morgan fingerprint density at radius 3 is 2.27 bits per heavy atom. The van der Waals surface area contributed by atoms with Crippen LogP contribution >= 0.6 is 0 Å². The van der Waals surface area contributed by atoms with E-state index in [9.17, 15) is 13.6 Å². The van der Waals surface area contributed by atoms with Gasteiger partial charge in [-0.15, -0.1) is 0 Å². The monoisotopic (exact) mass is 409 g/mol. The molecule has 1 aliphatic heterocycles. The summed E-state index contributed by atoms with van der Waals surface area (Å²) in [6.45, 7) is 3.33. The molecule has 30 heavy (non-hydrogen) atoms. The Bertz CT molecular complexity index is 1010. The lowest BCUT2D eigenvalue weighted by molar-refractivity contribution is -0.115. The van der Waals surface area contributed by atoms with Gasteiger partial charge in [-0.1, -0.05) is 24.3 Å². The van der Waals surface area contributed by atoms with E-state index in [0.29, 0.717) is 11.6 Å². The highest BCUT2D eigenvalue weighted by Crippen LogP contribution is 2.18. The molecule has 1 aliphatic rings. The van der Waals surface area contributed by atoms with E-state index in [2.05, 4.69) is 37.2 Å². The fourth-order valence-electron chi connectivity index (χ4n) is 3.40. The Kier molecular flexibility index (Phi) is 5.83. The number of piperazine rings is 1. The minimum Gasteiger partial charge on any atom is -0.368 e. The highest BCUT2D eigenvalue weighted by molar-refractivity contribution is 5.92. The predicted molar refractivity (Wildman–Crippen MR) is 112 cm³/mol. The third-order valence-corrected chi connectivity index (χ3v) is 4.97. The van der Waals surface area contributed by atoms with Gasteiger partial charge in [-0.2, -0.15) is 0 Å². The maximum atomic E-state index is 13.7. The van der Waals surface area contributed by atoms with Gasteiger partial charge in [0.2, 0.25) is 11.9 Å². The normalized spacial score (nSPS) is 13.9. The summed E-state index contributed by atoms with van der Waals surface area (Å²) in [6, 6.07) is 13.4. The maximum absolute atomic E-state index is 13.7. The van der Waals surface area contributed by atoms with Gasteiger partial charge < -0.3 is 15.1 Å². The lowest BCUT2D eigenvalue weighted by atomic mass is 10.1. The van der Waals surface area contributed by atoms with Crippen molar-refractivity contribution in [3.05, 3.63) is 78.1 Å². The van der Waals surface area contributed by atoms with Gasteiger partial charge in [0.05, 0.1) is 24.5 Å². The number of halogens is 2. The van der Waals surface area contributed by atoms with Gasteiger partial charge >= 0.3 is 0 Å². The van der Waals surface area contributed by atoms with Gasteiger partial charge in [0.1, 0.15) is 11.6 Å². The number of para-hydroxylation sites is 1. The molecule has 2 aromatic carbocycles. The van der Waals surface area contributed by atoms with Crippen LogP contribution in [0.2, 0.25) is 0 Å². The van der Waals surface area contributed by atoms with E-state index in [0.717, 1.165) is 38.3 Å². The Hall–Kier alpha value is -3.55. The molecule has 0 spiro atoms. The van der Waals surface area contributed by atoms with Crippen molar-refractivity contribution in [2.24, 2.45) is 0 Å². The number of carbonyl (C=O) groups is 1. The van der Waals surface area contributed by atoms with E-state index in [1.54, 1.807) is 0 Å². The first-order valence-electron chi connectivity index (χ1n) is 9.69. The molecule has 1 amide bonds. The average molecular weight is 409 g/mol. The summed E-state index contributed by atoms with van der Waals surface area (Å²) < 4.78 is 26.7. The molecular weight excluding hydrogens is 388 g/mol. The molecular formula is C22H21F2N5O. The van der Waals surface area contributed by atoms with Gasteiger partial charge in [0, 0.05) is 37.9 Å². The van der Waals surface area contributed by atoms with E-state index in [-0.39, 0.29) is 12.0 Å². The first-order valence-corrected chi connectivity index (χ1v) is 9.69. The van der Waals surface area contributed by atoms with Crippen LogP contribution in [0.15, 0.2) is 60.9 Å². The van der Waals surface area contributed by atoms with Crippen molar-refractivity contribution in [3.8, 4) is 0 Å². The van der Waals surface area contributed by atoms with Crippen LogP contribution in [0.25, 0.3) is 0 Å². The number of anilines is 3. The lowest BCUT2D eigenvalue weighted by Crippen LogP contribution is -2.47. The van der Waals surface area contributed by atoms with Crippen LogP contribution < -0.4 is 15.1 Å². The van der Waals surface area contributed by atoms with E-state index in [4.69, 9.17) is 0 Å². The van der Waals surface area contributed by atoms with Gasteiger partial charge in [0.25, 0.3) is 0 Å². The molecule has 0 atom stereocenters. The second-order valence-corrected chi connectivity index (χ2v) is 7.04. The second kappa shape index (κ2) is 8.86. The number of hydrogen-bond acceptors (Lipinski definition) is 5. The quantitative estimate of drug-likeness (QED) is 0.701. The third kappa shape index (κ3) is 4.71. The fraction of sp³-hybridized carbons (Fsp3) is 0.227. The fourth-order valence-corrected chi connectivity index (χ4v) is 3.40. The number of aromatic nitrogens is 2. The summed E-state index contributed by atoms with van der Waals surface area (Å²) in [5.74, 6) is -1.24. The number of rotatable bonds is 5. The van der Waals surface area contributed by atoms with Crippen LogP contribution in [-0.4, -0.2) is 42.1 Å². The lowest BCUT2D eigenvalue weighted by Gasteiger charge is -2.36. The third-order valence-electron chi connectivity index (χ3n) is 4.97. The van der Waals surface area contributed by atoms with Crippen LogP contribution in [0.1, 0.15) is 5.56 Å². The zero-order valence-electron chi connectivity index (χ0n) is 16.3. The summed E-state index contributed by atoms with van der Waals surface area (Å²) >= 11 is 0. The van der Waals surface area contributed by atoms with Gasteiger partial charge in [-0.25, -0.2) is 18.7 Å². The van der Waals surface area contributed by atoms with Crippen molar-refractivity contribution in [2.45, 2.75) is 6.42 Å². The molecule has 1 saturated heterocycles. The van der Waals surface area contributed by atoms with Crippen LogP contribution in [0.3, 0.4) is 0 Å². The zero-order chi connectivity index (χ0) is 20.9. The second-order valence-electron chi connectivity index (χ2n) is 7.04. The first-order chi connectivity index (χ1) is 14.6. The maximum Gasteiger partial charge on any atom is 0.228 e. The summed E-state index contributed by atoms with van der Waals surface area (Å²) in [4.78, 5) is 25.2. The highest BCUT2D eigenvalue weighted by Gasteiger charge is 2.19. The van der Waals surface area contributed by atoms with Crippen molar-refractivity contribution in [1.82, 2.24) is 9.97 Å². The van der Waals surface area contributed by atoms with Gasteiger partial charge in [0.15, 0.2) is 0 Å². The van der Waals surface area contributed by atoms with Gasteiger partial charge in [-0.3, -0.25) is 4.79 Å². The smallest absolute Gasteiger partial charge is 0.228 e. The predicted octanol–water partition coefficient (Wildman–Crippen LogP) is 3.26. The van der Waals surface area contributed by atoms with E-state index in [1.807, 2.05) is 18.2 Å². The Balaban J connectivity index is 1.31. The molecule has 0 bridgehead atoms. The number of carbonyl (C=O) groups excluding carboxylic acids is 1. The highest BCUT2D eigenvalue weighted by atomic mass is 19.1. The molecule has 6 nitrogen and oxygen atoms in total. The average Bonchev–Trinajstić information content (AvgIpc) is 2.77. The van der Waals surface area contributed by atoms with Crippen molar-refractivity contribution >= 4 is 23.2 Å². The molecule has 1 aromatic heterocycles. The molecule has 154 valence electrons. The molecule has 0 saturated carbocycles. The standard InChI is InChI=1S/C22H21F2N5O/c23-17-7-6-16(20(24)13-17)12-21(30)27-18-14-25-22(26-15-18)29-10-8-28(9-11-29)19-4-2-1-3-5-19/h1-7,13-15H,8-12H2,(H,27,30). The minimum atomic E-state index is -0.744. The number of nitrogens with one attached hydrogen (secondary N) is 1. The van der Waals surface area contributed by atoms with Crippen molar-refractivity contribution in [1.29, 1.82) is 0 Å². The molecule has 3 aromatic rings. The molecule has 0 aliphatic carbocycles. The van der Waals surface area contributed by atoms with Crippen LogP contribution in [0.5, 0.6) is 0 Å². The van der Waals surface area contributed by atoms with Crippen molar-refractivity contribution < 1.29 is 13.6 Å². The number of hydrogen-bond donors (Lipinski definition) is 1. The van der Waals surface area contributed by atoms with Crippen LogP contribution in [-0.2, 0) is 11.2 Å².